The van der Waals surface area contributed by atoms with Gasteiger partial charge in [-0.25, -0.2) is 4.68 Å². The molecule has 0 unspecified atom stereocenters. The van der Waals surface area contributed by atoms with Crippen LogP contribution in [0.25, 0.3) is 5.82 Å². The molecule has 0 amide bonds. The predicted molar refractivity (Wildman–Crippen MR) is 76.1 cm³/mol. The van der Waals surface area contributed by atoms with Crippen LogP contribution < -0.4 is 9.58 Å². The van der Waals surface area contributed by atoms with E-state index in [0.29, 0.717) is 23.0 Å². The summed E-state index contributed by atoms with van der Waals surface area (Å²) in [5.41, 5.74) is 1.06. The van der Waals surface area contributed by atoms with E-state index in [-0.39, 0.29) is 5.15 Å². The van der Waals surface area contributed by atoms with E-state index in [1.807, 2.05) is 30.3 Å². The molecule has 6 nitrogen and oxygen atoms in total. The third kappa shape index (κ3) is 3.11. The molecule has 1 aromatic carbocycles. The Balaban J connectivity index is 1.72. The van der Waals surface area contributed by atoms with Crippen molar-refractivity contribution >= 4 is 11.6 Å². The summed E-state index contributed by atoms with van der Waals surface area (Å²) >= 11 is 5.62. The van der Waals surface area contributed by atoms with Crippen LogP contribution in [0.5, 0.6) is 5.75 Å². The molecule has 0 saturated heterocycles. The van der Waals surface area contributed by atoms with Crippen LogP contribution in [0.4, 0.5) is 0 Å². The van der Waals surface area contributed by atoms with E-state index < -0.39 is 0 Å². The minimum absolute atomic E-state index is 0.00598. The van der Waals surface area contributed by atoms with E-state index in [1.54, 1.807) is 18.5 Å². The molecule has 0 aliphatic heterocycles. The van der Waals surface area contributed by atoms with Gasteiger partial charge in [-0.1, -0.05) is 30.3 Å². The Morgan fingerprint density at radius 3 is 2.76 bits per heavy atom. The average molecular weight is 303 g/mol. The van der Waals surface area contributed by atoms with Gasteiger partial charge < -0.3 is 9.94 Å². The molecule has 0 fully saturated rings. The molecular formula is C14H11ClN4O2. The number of aromatic nitrogens is 4. The lowest BCUT2D eigenvalue weighted by atomic mass is 10.2. The van der Waals surface area contributed by atoms with Crippen molar-refractivity contribution in [1.82, 2.24) is 14.9 Å². The highest BCUT2D eigenvalue weighted by Gasteiger charge is 2.09. The van der Waals surface area contributed by atoms with Crippen molar-refractivity contribution in [3.05, 3.63) is 70.8 Å². The van der Waals surface area contributed by atoms with Gasteiger partial charge in [-0.3, -0.25) is 0 Å². The number of halogens is 1. The first kappa shape index (κ1) is 13.4. The first-order valence-corrected chi connectivity index (χ1v) is 6.58. The van der Waals surface area contributed by atoms with Gasteiger partial charge in [0.05, 0.1) is 12.4 Å². The molecule has 0 spiro atoms. The number of benzene rings is 1. The van der Waals surface area contributed by atoms with E-state index in [0.717, 1.165) is 5.56 Å². The molecule has 2 aromatic heterocycles. The van der Waals surface area contributed by atoms with Crippen molar-refractivity contribution in [2.45, 2.75) is 6.61 Å². The van der Waals surface area contributed by atoms with Crippen molar-refractivity contribution in [3.63, 3.8) is 0 Å². The van der Waals surface area contributed by atoms with Gasteiger partial charge in [-0.2, -0.15) is 5.10 Å². The fourth-order valence-corrected chi connectivity index (χ4v) is 1.85. The molecular weight excluding hydrogens is 292 g/mol. The van der Waals surface area contributed by atoms with Crippen LogP contribution in [0.2, 0.25) is 5.15 Å². The Hall–Kier alpha value is -2.60. The van der Waals surface area contributed by atoms with E-state index in [1.165, 1.54) is 10.7 Å². The summed E-state index contributed by atoms with van der Waals surface area (Å²) in [6.45, 7) is 0.447. The zero-order valence-electron chi connectivity index (χ0n) is 10.9. The van der Waals surface area contributed by atoms with Gasteiger partial charge in [-0.15, -0.1) is 0 Å². The topological polar surface area (TPSA) is 66.9 Å². The fraction of sp³-hybridized carbons (Fsp3) is 0.0714. The number of nitrogens with zero attached hydrogens (tertiary/aromatic N) is 4. The Morgan fingerprint density at radius 2 is 2.00 bits per heavy atom. The monoisotopic (exact) mass is 302 g/mol. The standard InChI is InChI=1S/C14H11ClN4O2/c15-13-6-7-14(17-19(13)20)18-9-12(8-16-18)21-10-11-4-2-1-3-5-11/h1-9H,10H2. The second kappa shape index (κ2) is 5.80. The van der Waals surface area contributed by atoms with E-state index in [9.17, 15) is 5.21 Å². The van der Waals surface area contributed by atoms with Gasteiger partial charge in [0.1, 0.15) is 6.61 Å². The Kier molecular flexibility index (Phi) is 3.70. The highest BCUT2D eigenvalue weighted by Crippen LogP contribution is 2.14. The van der Waals surface area contributed by atoms with Crippen molar-refractivity contribution in [2.75, 3.05) is 0 Å². The van der Waals surface area contributed by atoms with Crippen LogP contribution in [-0.2, 0) is 6.61 Å². The van der Waals surface area contributed by atoms with Crippen LogP contribution in [0, 0.1) is 5.21 Å². The first-order chi connectivity index (χ1) is 10.2. The average Bonchev–Trinajstić information content (AvgIpc) is 2.98. The lowest BCUT2D eigenvalue weighted by molar-refractivity contribution is -0.666. The summed E-state index contributed by atoms with van der Waals surface area (Å²) in [7, 11) is 0. The van der Waals surface area contributed by atoms with E-state index in [2.05, 4.69) is 10.2 Å². The lowest BCUT2D eigenvalue weighted by Gasteiger charge is -2.02. The number of hydrogen-bond acceptors (Lipinski definition) is 4. The van der Waals surface area contributed by atoms with Crippen LogP contribution in [-0.4, -0.2) is 14.9 Å². The number of hydrogen-bond donors (Lipinski definition) is 0. The summed E-state index contributed by atoms with van der Waals surface area (Å²) in [5, 5.41) is 19.2. The van der Waals surface area contributed by atoms with E-state index >= 15 is 0 Å². The smallest absolute Gasteiger partial charge is 0.313 e. The lowest BCUT2D eigenvalue weighted by Crippen LogP contribution is -2.33. The zero-order chi connectivity index (χ0) is 14.7. The quantitative estimate of drug-likeness (QED) is 0.547. The molecule has 0 radical (unpaired) electrons. The molecule has 7 heteroatoms. The van der Waals surface area contributed by atoms with Gasteiger partial charge in [0.2, 0.25) is 5.82 Å². The number of rotatable bonds is 4. The first-order valence-electron chi connectivity index (χ1n) is 6.20. The van der Waals surface area contributed by atoms with Gasteiger partial charge >= 0.3 is 5.15 Å². The molecule has 3 aromatic rings. The van der Waals surface area contributed by atoms with Crippen LogP contribution in [0.3, 0.4) is 0 Å². The van der Waals surface area contributed by atoms with Crippen LogP contribution >= 0.6 is 11.6 Å². The highest BCUT2D eigenvalue weighted by molar-refractivity contribution is 6.28. The van der Waals surface area contributed by atoms with Gasteiger partial charge in [0.15, 0.2) is 5.75 Å². The molecule has 106 valence electrons. The van der Waals surface area contributed by atoms with Crippen molar-refractivity contribution in [1.29, 1.82) is 0 Å². The molecule has 0 saturated carbocycles. The zero-order valence-corrected chi connectivity index (χ0v) is 11.6. The normalized spacial score (nSPS) is 10.5. The summed E-state index contributed by atoms with van der Waals surface area (Å²) < 4.78 is 7.08. The molecule has 0 atom stereocenters. The summed E-state index contributed by atoms with van der Waals surface area (Å²) in [5.74, 6) is 0.956. The molecule has 21 heavy (non-hydrogen) atoms. The van der Waals surface area contributed by atoms with Gasteiger partial charge in [-0.05, 0) is 28.1 Å². The van der Waals surface area contributed by atoms with Gasteiger partial charge in [0.25, 0.3) is 0 Å². The maximum Gasteiger partial charge on any atom is 0.313 e. The Bertz CT molecular complexity index is 746. The minimum Gasteiger partial charge on any atom is -0.593 e. The van der Waals surface area contributed by atoms with Gasteiger partial charge in [0, 0.05) is 11.2 Å². The highest BCUT2D eigenvalue weighted by atomic mass is 35.5. The van der Waals surface area contributed by atoms with Crippen molar-refractivity contribution in [2.24, 2.45) is 0 Å². The fourth-order valence-electron chi connectivity index (χ4n) is 1.75. The number of ether oxygens (including phenoxy) is 1. The second-order valence-corrected chi connectivity index (χ2v) is 4.67. The summed E-state index contributed by atoms with van der Waals surface area (Å²) in [4.78, 5) is 0.336. The Labute approximate surface area is 125 Å². The SMILES string of the molecule is [O-][n+]1nc(-n2cc(OCc3ccccc3)cn2)ccc1Cl. The Morgan fingerprint density at radius 1 is 1.19 bits per heavy atom. The molecule has 3 rings (SSSR count). The second-order valence-electron chi connectivity index (χ2n) is 4.28. The molecule has 0 bridgehead atoms. The largest absolute Gasteiger partial charge is 0.593 e. The third-order valence-corrected chi connectivity index (χ3v) is 3.06. The van der Waals surface area contributed by atoms with E-state index in [4.69, 9.17) is 16.3 Å². The summed E-state index contributed by atoms with van der Waals surface area (Å²) in [6.07, 6.45) is 3.22. The molecule has 0 aliphatic rings. The predicted octanol–water partition coefficient (Wildman–Crippen LogP) is 2.13. The third-order valence-electron chi connectivity index (χ3n) is 2.79. The van der Waals surface area contributed by atoms with Crippen molar-refractivity contribution in [3.8, 4) is 11.6 Å². The maximum atomic E-state index is 11.3. The minimum atomic E-state index is 0.00598. The van der Waals surface area contributed by atoms with Crippen molar-refractivity contribution < 1.29 is 9.58 Å². The van der Waals surface area contributed by atoms with Crippen LogP contribution in [0.1, 0.15) is 5.56 Å². The molecule has 0 N–H and O–H groups in total. The molecule has 2 heterocycles. The summed E-state index contributed by atoms with van der Waals surface area (Å²) in [6, 6.07) is 12.9. The van der Waals surface area contributed by atoms with Crippen LogP contribution in [0.15, 0.2) is 54.9 Å². The molecule has 0 aliphatic carbocycles. The maximum absolute atomic E-state index is 11.3.